The Hall–Kier alpha value is -3.67. The molecule has 6 heteroatoms. The van der Waals surface area contributed by atoms with Crippen molar-refractivity contribution < 1.29 is 14.3 Å². The average molecular weight is 375 g/mol. The van der Waals surface area contributed by atoms with Crippen LogP contribution < -0.4 is 5.43 Å². The summed E-state index contributed by atoms with van der Waals surface area (Å²) >= 11 is 0. The maximum Gasteiger partial charge on any atom is 0.428 e. The standard InChI is InChI=1S/C22H21N3O3/c1-25(22(27)28-16-17-8-3-2-4-9-17)24-21(26)15-18-10-7-11-19(14-18)20-12-5-6-13-23-20/h2-14H,15-16H2,1H3,(H,24,26). The number of rotatable bonds is 5. The lowest BCUT2D eigenvalue weighted by atomic mass is 10.1. The minimum Gasteiger partial charge on any atom is -0.443 e. The molecular weight excluding hydrogens is 354 g/mol. The number of amides is 2. The van der Waals surface area contributed by atoms with Gasteiger partial charge in [-0.2, -0.15) is 0 Å². The summed E-state index contributed by atoms with van der Waals surface area (Å²) in [7, 11) is 1.45. The van der Waals surface area contributed by atoms with E-state index < -0.39 is 6.09 Å². The van der Waals surface area contributed by atoms with Crippen molar-refractivity contribution in [3.8, 4) is 11.3 Å². The van der Waals surface area contributed by atoms with E-state index in [0.717, 1.165) is 27.4 Å². The fourth-order valence-electron chi connectivity index (χ4n) is 2.65. The Bertz CT molecular complexity index is 930. The summed E-state index contributed by atoms with van der Waals surface area (Å²) < 4.78 is 5.18. The summed E-state index contributed by atoms with van der Waals surface area (Å²) in [6.07, 6.45) is 1.24. The van der Waals surface area contributed by atoms with E-state index in [1.54, 1.807) is 6.20 Å². The van der Waals surface area contributed by atoms with Gasteiger partial charge in [-0.3, -0.25) is 15.2 Å². The Balaban J connectivity index is 1.53. The number of hydrazine groups is 1. The fraction of sp³-hybridized carbons (Fsp3) is 0.136. The van der Waals surface area contributed by atoms with Gasteiger partial charge in [-0.1, -0.05) is 54.6 Å². The minimum atomic E-state index is -0.626. The molecule has 3 rings (SSSR count). The lowest BCUT2D eigenvalue weighted by Gasteiger charge is -2.18. The highest BCUT2D eigenvalue weighted by atomic mass is 16.6. The van der Waals surface area contributed by atoms with Crippen LogP contribution in [-0.4, -0.2) is 29.0 Å². The van der Waals surface area contributed by atoms with E-state index in [2.05, 4.69) is 10.4 Å². The highest BCUT2D eigenvalue weighted by molar-refractivity contribution is 5.81. The number of hydrogen-bond donors (Lipinski definition) is 1. The van der Waals surface area contributed by atoms with Gasteiger partial charge in [0.05, 0.1) is 12.1 Å². The summed E-state index contributed by atoms with van der Waals surface area (Å²) in [6, 6.07) is 22.6. The van der Waals surface area contributed by atoms with Gasteiger partial charge in [0, 0.05) is 18.8 Å². The number of nitrogens with zero attached hydrogens (tertiary/aromatic N) is 2. The van der Waals surface area contributed by atoms with Crippen molar-refractivity contribution in [2.24, 2.45) is 0 Å². The molecule has 0 unspecified atom stereocenters. The van der Waals surface area contributed by atoms with Crippen molar-refractivity contribution in [2.45, 2.75) is 13.0 Å². The van der Waals surface area contributed by atoms with E-state index in [1.165, 1.54) is 7.05 Å². The molecule has 142 valence electrons. The zero-order valence-corrected chi connectivity index (χ0v) is 15.5. The lowest BCUT2D eigenvalue weighted by Crippen LogP contribution is -2.44. The highest BCUT2D eigenvalue weighted by Gasteiger charge is 2.14. The zero-order chi connectivity index (χ0) is 19.8. The molecule has 0 saturated heterocycles. The van der Waals surface area contributed by atoms with Crippen LogP contribution >= 0.6 is 0 Å². The Morgan fingerprint density at radius 1 is 0.964 bits per heavy atom. The Kier molecular flexibility index (Phi) is 6.36. The van der Waals surface area contributed by atoms with Crippen molar-refractivity contribution >= 4 is 12.0 Å². The van der Waals surface area contributed by atoms with E-state index in [-0.39, 0.29) is 18.9 Å². The highest BCUT2D eigenvalue weighted by Crippen LogP contribution is 2.18. The molecule has 0 aliphatic rings. The van der Waals surface area contributed by atoms with E-state index >= 15 is 0 Å². The van der Waals surface area contributed by atoms with Crippen molar-refractivity contribution in [3.05, 3.63) is 90.1 Å². The van der Waals surface area contributed by atoms with Gasteiger partial charge in [0.25, 0.3) is 0 Å². The predicted molar refractivity (Wildman–Crippen MR) is 106 cm³/mol. The molecule has 0 bridgehead atoms. The van der Waals surface area contributed by atoms with Gasteiger partial charge in [-0.25, -0.2) is 9.80 Å². The topological polar surface area (TPSA) is 71.5 Å². The second-order valence-corrected chi connectivity index (χ2v) is 6.23. The number of carbonyl (C=O) groups excluding carboxylic acids is 2. The number of aromatic nitrogens is 1. The lowest BCUT2D eigenvalue weighted by molar-refractivity contribution is -0.124. The Labute approximate surface area is 163 Å². The molecule has 0 fully saturated rings. The van der Waals surface area contributed by atoms with Crippen LogP contribution in [0.1, 0.15) is 11.1 Å². The molecule has 1 aromatic heterocycles. The molecule has 0 saturated carbocycles. The van der Waals surface area contributed by atoms with Gasteiger partial charge in [0.2, 0.25) is 5.91 Å². The van der Waals surface area contributed by atoms with Gasteiger partial charge >= 0.3 is 6.09 Å². The number of pyridine rings is 1. The molecule has 0 aliphatic heterocycles. The summed E-state index contributed by atoms with van der Waals surface area (Å²) in [4.78, 5) is 28.6. The van der Waals surface area contributed by atoms with E-state index in [1.807, 2.05) is 72.8 Å². The van der Waals surface area contributed by atoms with Gasteiger partial charge in [-0.15, -0.1) is 0 Å². The normalized spacial score (nSPS) is 10.2. The molecule has 1 N–H and O–H groups in total. The first-order valence-corrected chi connectivity index (χ1v) is 8.86. The first-order valence-electron chi connectivity index (χ1n) is 8.86. The van der Waals surface area contributed by atoms with E-state index in [4.69, 9.17) is 4.74 Å². The van der Waals surface area contributed by atoms with Crippen molar-refractivity contribution in [1.82, 2.24) is 15.4 Å². The smallest absolute Gasteiger partial charge is 0.428 e. The van der Waals surface area contributed by atoms with Crippen LogP contribution in [0.4, 0.5) is 4.79 Å². The maximum atomic E-state index is 12.3. The molecule has 0 spiro atoms. The van der Waals surface area contributed by atoms with Crippen LogP contribution in [0.25, 0.3) is 11.3 Å². The largest absolute Gasteiger partial charge is 0.443 e. The third kappa shape index (κ3) is 5.41. The van der Waals surface area contributed by atoms with Gasteiger partial charge < -0.3 is 4.74 Å². The molecule has 0 radical (unpaired) electrons. The molecule has 2 amide bonds. The molecule has 0 aliphatic carbocycles. The summed E-state index contributed by atoms with van der Waals surface area (Å²) in [5, 5.41) is 1.05. The molecule has 28 heavy (non-hydrogen) atoms. The Morgan fingerprint density at radius 2 is 1.71 bits per heavy atom. The van der Waals surface area contributed by atoms with Gasteiger partial charge in [0.15, 0.2) is 0 Å². The second-order valence-electron chi connectivity index (χ2n) is 6.23. The molecule has 3 aromatic rings. The molecular formula is C22H21N3O3. The zero-order valence-electron chi connectivity index (χ0n) is 15.5. The van der Waals surface area contributed by atoms with Crippen molar-refractivity contribution in [2.75, 3.05) is 7.05 Å². The van der Waals surface area contributed by atoms with Crippen LogP contribution in [0.2, 0.25) is 0 Å². The number of nitrogens with one attached hydrogen (secondary N) is 1. The summed E-state index contributed by atoms with van der Waals surface area (Å²) in [5.74, 6) is -0.308. The average Bonchev–Trinajstić information content (AvgIpc) is 2.73. The number of benzene rings is 2. The molecule has 2 aromatic carbocycles. The van der Waals surface area contributed by atoms with Crippen LogP contribution in [0.15, 0.2) is 79.0 Å². The molecule has 1 heterocycles. The van der Waals surface area contributed by atoms with Crippen LogP contribution in [0, 0.1) is 0 Å². The molecule has 6 nitrogen and oxygen atoms in total. The maximum absolute atomic E-state index is 12.3. The van der Waals surface area contributed by atoms with E-state index in [0.29, 0.717) is 0 Å². The van der Waals surface area contributed by atoms with Crippen molar-refractivity contribution in [3.63, 3.8) is 0 Å². The predicted octanol–water partition coefficient (Wildman–Crippen LogP) is 3.59. The quantitative estimate of drug-likeness (QED) is 0.692. The number of ether oxygens (including phenoxy) is 1. The number of hydrogen-bond acceptors (Lipinski definition) is 4. The van der Waals surface area contributed by atoms with Gasteiger partial charge in [0.1, 0.15) is 6.61 Å². The third-order valence-electron chi connectivity index (χ3n) is 4.02. The number of carbonyl (C=O) groups is 2. The third-order valence-corrected chi connectivity index (χ3v) is 4.02. The second kappa shape index (κ2) is 9.32. The fourth-order valence-corrected chi connectivity index (χ4v) is 2.65. The monoisotopic (exact) mass is 375 g/mol. The first-order chi connectivity index (χ1) is 13.6. The summed E-state index contributed by atoms with van der Waals surface area (Å²) in [6.45, 7) is 0.145. The first kappa shape index (κ1) is 19.1. The molecule has 0 atom stereocenters. The minimum absolute atomic E-state index is 0.136. The van der Waals surface area contributed by atoms with Crippen LogP contribution in [-0.2, 0) is 22.6 Å². The van der Waals surface area contributed by atoms with Crippen LogP contribution in [0.5, 0.6) is 0 Å². The SMILES string of the molecule is CN(NC(=O)Cc1cccc(-c2ccccn2)c1)C(=O)OCc1ccccc1. The van der Waals surface area contributed by atoms with Crippen LogP contribution in [0.3, 0.4) is 0 Å². The van der Waals surface area contributed by atoms with Gasteiger partial charge in [-0.05, 0) is 29.3 Å². The Morgan fingerprint density at radius 3 is 2.46 bits per heavy atom. The van der Waals surface area contributed by atoms with E-state index in [9.17, 15) is 9.59 Å². The van der Waals surface area contributed by atoms with Crippen molar-refractivity contribution in [1.29, 1.82) is 0 Å². The summed E-state index contributed by atoms with van der Waals surface area (Å²) in [5.41, 5.74) is 6.00.